The fourth-order valence-electron chi connectivity index (χ4n) is 4.33. The maximum Gasteiger partial charge on any atom is 0.345 e. The third-order valence-corrected chi connectivity index (χ3v) is 5.84. The van der Waals surface area contributed by atoms with Crippen LogP contribution in [0.15, 0.2) is 51.9 Å². The molecule has 4 heterocycles. The van der Waals surface area contributed by atoms with Crippen LogP contribution in [0.2, 0.25) is 5.02 Å². The Bertz CT molecular complexity index is 1320. The van der Waals surface area contributed by atoms with Crippen LogP contribution in [-0.2, 0) is 0 Å². The molecular formula is C23H23ClN4O2. The molecule has 0 bridgehead atoms. The molecule has 4 aromatic rings. The quantitative estimate of drug-likeness (QED) is 0.489. The predicted octanol–water partition coefficient (Wildman–Crippen LogP) is 4.26. The molecule has 0 amide bonds. The minimum absolute atomic E-state index is 0.405. The van der Waals surface area contributed by atoms with Gasteiger partial charge in [-0.05, 0) is 50.6 Å². The van der Waals surface area contributed by atoms with Crippen molar-refractivity contribution in [3.05, 3.63) is 63.7 Å². The first kappa shape index (κ1) is 19.2. The van der Waals surface area contributed by atoms with Crippen molar-refractivity contribution in [3.63, 3.8) is 0 Å². The van der Waals surface area contributed by atoms with E-state index in [0.29, 0.717) is 39.6 Å². The number of anilines is 1. The standard InChI is InChI=1S/C23H23ClN4O2/c1-13-6-19(24)22-26-20(12-28(22)9-13)18-7-16-4-5-17(8-21(16)30-23(18)29)27-10-14(2)25-15(3)11-27/h4-9,12,14-15,25H,10-11H2,1-3H3. The van der Waals surface area contributed by atoms with Crippen LogP contribution in [0.4, 0.5) is 5.69 Å². The van der Waals surface area contributed by atoms with Gasteiger partial charge in [-0.25, -0.2) is 9.78 Å². The van der Waals surface area contributed by atoms with Gasteiger partial charge >= 0.3 is 5.63 Å². The summed E-state index contributed by atoms with van der Waals surface area (Å²) in [5.41, 5.74) is 3.86. The smallest absolute Gasteiger partial charge is 0.345 e. The van der Waals surface area contributed by atoms with Crippen LogP contribution in [0.5, 0.6) is 0 Å². The van der Waals surface area contributed by atoms with Gasteiger partial charge in [-0.1, -0.05) is 11.6 Å². The van der Waals surface area contributed by atoms with E-state index in [1.54, 1.807) is 0 Å². The minimum Gasteiger partial charge on any atom is -0.422 e. The molecule has 6 nitrogen and oxygen atoms in total. The molecule has 2 unspecified atom stereocenters. The summed E-state index contributed by atoms with van der Waals surface area (Å²) in [5, 5.41) is 4.95. The summed E-state index contributed by atoms with van der Waals surface area (Å²) in [5.74, 6) is 0. The van der Waals surface area contributed by atoms with Gasteiger partial charge in [0, 0.05) is 54.7 Å². The van der Waals surface area contributed by atoms with Crippen molar-refractivity contribution in [2.75, 3.05) is 18.0 Å². The first-order chi connectivity index (χ1) is 14.4. The van der Waals surface area contributed by atoms with Crippen molar-refractivity contribution in [3.8, 4) is 11.3 Å². The van der Waals surface area contributed by atoms with E-state index in [1.807, 2.05) is 48.0 Å². The summed E-state index contributed by atoms with van der Waals surface area (Å²) < 4.78 is 7.54. The third-order valence-electron chi connectivity index (χ3n) is 5.56. The summed E-state index contributed by atoms with van der Waals surface area (Å²) in [6, 6.07) is 10.6. The minimum atomic E-state index is -0.405. The number of imidazole rings is 1. The van der Waals surface area contributed by atoms with Gasteiger partial charge in [-0.2, -0.15) is 0 Å². The molecular weight excluding hydrogens is 400 g/mol. The van der Waals surface area contributed by atoms with Crippen molar-refractivity contribution in [1.29, 1.82) is 0 Å². The van der Waals surface area contributed by atoms with Crippen molar-refractivity contribution >= 4 is 33.9 Å². The van der Waals surface area contributed by atoms with E-state index in [-0.39, 0.29) is 0 Å². The first-order valence-corrected chi connectivity index (χ1v) is 10.5. The van der Waals surface area contributed by atoms with Crippen LogP contribution in [0.3, 0.4) is 0 Å². The van der Waals surface area contributed by atoms with E-state index in [1.165, 1.54) is 0 Å². The van der Waals surface area contributed by atoms with E-state index in [2.05, 4.69) is 35.1 Å². The monoisotopic (exact) mass is 422 g/mol. The van der Waals surface area contributed by atoms with E-state index in [0.717, 1.165) is 29.7 Å². The lowest BCUT2D eigenvalue weighted by molar-refractivity contribution is 0.407. The SMILES string of the molecule is Cc1cc(Cl)c2nc(-c3cc4ccc(N5CC(C)NC(C)C5)cc4oc3=O)cn2c1. The van der Waals surface area contributed by atoms with Gasteiger partial charge in [-0.3, -0.25) is 0 Å². The summed E-state index contributed by atoms with van der Waals surface area (Å²) in [4.78, 5) is 19.7. The number of hydrogen-bond acceptors (Lipinski definition) is 5. The van der Waals surface area contributed by atoms with Crippen LogP contribution in [-0.4, -0.2) is 34.6 Å². The van der Waals surface area contributed by atoms with Gasteiger partial charge in [0.25, 0.3) is 0 Å². The maximum atomic E-state index is 12.8. The molecule has 1 aromatic carbocycles. The number of aromatic nitrogens is 2. The van der Waals surface area contributed by atoms with E-state index < -0.39 is 5.63 Å². The largest absolute Gasteiger partial charge is 0.422 e. The second kappa shape index (κ2) is 7.15. The van der Waals surface area contributed by atoms with Crippen LogP contribution in [0.25, 0.3) is 27.9 Å². The Morgan fingerprint density at radius 2 is 1.90 bits per heavy atom. The topological polar surface area (TPSA) is 62.8 Å². The fourth-order valence-corrected chi connectivity index (χ4v) is 4.64. The lowest BCUT2D eigenvalue weighted by Crippen LogP contribution is -2.54. The van der Waals surface area contributed by atoms with Crippen molar-refractivity contribution in [2.45, 2.75) is 32.9 Å². The predicted molar refractivity (Wildman–Crippen MR) is 121 cm³/mol. The molecule has 1 saturated heterocycles. The number of piperazine rings is 1. The number of pyridine rings is 1. The Morgan fingerprint density at radius 1 is 1.13 bits per heavy atom. The lowest BCUT2D eigenvalue weighted by Gasteiger charge is -2.37. The van der Waals surface area contributed by atoms with Crippen molar-refractivity contribution < 1.29 is 4.42 Å². The Morgan fingerprint density at radius 3 is 2.67 bits per heavy atom. The van der Waals surface area contributed by atoms with Crippen molar-refractivity contribution in [2.24, 2.45) is 0 Å². The summed E-state index contributed by atoms with van der Waals surface area (Å²) >= 11 is 6.32. The van der Waals surface area contributed by atoms with E-state index in [9.17, 15) is 4.79 Å². The highest BCUT2D eigenvalue weighted by Crippen LogP contribution is 2.27. The Balaban J connectivity index is 1.56. The molecule has 1 aliphatic rings. The number of halogens is 1. The Labute approximate surface area is 179 Å². The number of rotatable bonds is 2. The van der Waals surface area contributed by atoms with Gasteiger partial charge in [0.1, 0.15) is 5.58 Å². The summed E-state index contributed by atoms with van der Waals surface area (Å²) in [6.07, 6.45) is 3.74. The molecule has 5 rings (SSSR count). The number of hydrogen-bond donors (Lipinski definition) is 1. The van der Waals surface area contributed by atoms with Gasteiger partial charge in [0.05, 0.1) is 16.3 Å². The Hall–Kier alpha value is -2.83. The van der Waals surface area contributed by atoms with Crippen LogP contribution in [0.1, 0.15) is 19.4 Å². The number of fused-ring (bicyclic) bond motifs is 2. The highest BCUT2D eigenvalue weighted by atomic mass is 35.5. The average Bonchev–Trinajstić information content (AvgIpc) is 3.10. The zero-order chi connectivity index (χ0) is 21.0. The Kier molecular flexibility index (Phi) is 4.56. The second-order valence-electron chi connectivity index (χ2n) is 8.27. The molecule has 1 N–H and O–H groups in total. The van der Waals surface area contributed by atoms with E-state index >= 15 is 0 Å². The highest BCUT2D eigenvalue weighted by molar-refractivity contribution is 6.33. The first-order valence-electron chi connectivity index (χ1n) is 10.1. The molecule has 2 atom stereocenters. The molecule has 1 aliphatic heterocycles. The normalized spacial score (nSPS) is 19.7. The summed E-state index contributed by atoms with van der Waals surface area (Å²) in [6.45, 7) is 8.16. The molecule has 0 spiro atoms. The van der Waals surface area contributed by atoms with Crippen LogP contribution >= 0.6 is 11.6 Å². The summed E-state index contributed by atoms with van der Waals surface area (Å²) in [7, 11) is 0. The lowest BCUT2D eigenvalue weighted by atomic mass is 10.1. The van der Waals surface area contributed by atoms with Gasteiger partial charge in [0.15, 0.2) is 5.65 Å². The molecule has 1 fully saturated rings. The number of nitrogens with zero attached hydrogens (tertiary/aromatic N) is 3. The molecule has 0 saturated carbocycles. The van der Waals surface area contributed by atoms with Crippen LogP contribution < -0.4 is 15.8 Å². The molecule has 30 heavy (non-hydrogen) atoms. The van der Waals surface area contributed by atoms with Gasteiger partial charge in [0.2, 0.25) is 0 Å². The zero-order valence-corrected chi connectivity index (χ0v) is 17.9. The number of nitrogens with one attached hydrogen (secondary N) is 1. The molecule has 7 heteroatoms. The molecule has 3 aromatic heterocycles. The second-order valence-corrected chi connectivity index (χ2v) is 8.67. The van der Waals surface area contributed by atoms with Crippen LogP contribution in [0, 0.1) is 6.92 Å². The third kappa shape index (κ3) is 3.36. The number of aryl methyl sites for hydroxylation is 1. The average molecular weight is 423 g/mol. The van der Waals surface area contributed by atoms with Crippen molar-refractivity contribution in [1.82, 2.24) is 14.7 Å². The number of benzene rings is 1. The molecule has 0 radical (unpaired) electrons. The molecule has 154 valence electrons. The zero-order valence-electron chi connectivity index (χ0n) is 17.1. The van der Waals surface area contributed by atoms with E-state index in [4.69, 9.17) is 16.0 Å². The van der Waals surface area contributed by atoms with Gasteiger partial charge < -0.3 is 19.0 Å². The highest BCUT2D eigenvalue weighted by Gasteiger charge is 2.22. The van der Waals surface area contributed by atoms with Gasteiger partial charge in [-0.15, -0.1) is 0 Å². The molecule has 0 aliphatic carbocycles. The maximum absolute atomic E-state index is 12.8. The fraction of sp³-hybridized carbons (Fsp3) is 0.304.